The normalized spacial score (nSPS) is 18.1. The Kier molecular flexibility index (Phi) is 7.16. The van der Waals surface area contributed by atoms with Crippen molar-refractivity contribution in [3.8, 4) is 5.75 Å². The Balaban J connectivity index is 2.11. The monoisotopic (exact) mass is 421 g/mol. The molecule has 1 N–H and O–H groups in total. The molecule has 0 aliphatic carbocycles. The van der Waals surface area contributed by atoms with Crippen LogP contribution in [0.2, 0.25) is 0 Å². The highest BCUT2D eigenvalue weighted by molar-refractivity contribution is 6.46. The summed E-state index contributed by atoms with van der Waals surface area (Å²) in [6, 6.07) is 14.2. The zero-order valence-corrected chi connectivity index (χ0v) is 18.7. The van der Waals surface area contributed by atoms with E-state index in [0.29, 0.717) is 23.8 Å². The number of carbonyl (C=O) groups excluding carboxylic acids is 2. The van der Waals surface area contributed by atoms with Crippen LogP contribution in [0.25, 0.3) is 5.76 Å². The van der Waals surface area contributed by atoms with Gasteiger partial charge in [-0.1, -0.05) is 70.0 Å². The van der Waals surface area contributed by atoms with Gasteiger partial charge in [-0.2, -0.15) is 0 Å². The van der Waals surface area contributed by atoms with Crippen molar-refractivity contribution in [1.29, 1.82) is 0 Å². The molecule has 1 atom stereocenters. The minimum Gasteiger partial charge on any atom is -0.507 e. The fourth-order valence-electron chi connectivity index (χ4n) is 3.98. The zero-order valence-electron chi connectivity index (χ0n) is 18.7. The van der Waals surface area contributed by atoms with E-state index in [4.69, 9.17) is 4.74 Å². The Morgan fingerprint density at radius 2 is 1.81 bits per heavy atom. The minimum atomic E-state index is -0.644. The molecular weight excluding hydrogens is 390 g/mol. The molecule has 1 saturated heterocycles. The van der Waals surface area contributed by atoms with E-state index in [1.54, 1.807) is 36.3 Å². The molecule has 1 heterocycles. The number of hydrogen-bond donors (Lipinski definition) is 1. The molecule has 0 aromatic heterocycles. The van der Waals surface area contributed by atoms with Crippen LogP contribution in [0.4, 0.5) is 0 Å². The summed E-state index contributed by atoms with van der Waals surface area (Å²) in [6.45, 7) is 6.81. The molecule has 5 heteroatoms. The highest BCUT2D eigenvalue weighted by Gasteiger charge is 2.45. The Hall–Kier alpha value is -3.08. The van der Waals surface area contributed by atoms with Gasteiger partial charge in [0.15, 0.2) is 0 Å². The quantitative estimate of drug-likeness (QED) is 0.267. The molecule has 1 amide bonds. The fraction of sp³-hybridized carbons (Fsp3) is 0.385. The third-order valence-electron chi connectivity index (χ3n) is 5.80. The number of ketones is 1. The number of aliphatic hydroxyl groups is 1. The van der Waals surface area contributed by atoms with Crippen molar-refractivity contribution in [2.24, 2.45) is 0 Å². The van der Waals surface area contributed by atoms with E-state index >= 15 is 0 Å². The van der Waals surface area contributed by atoms with Gasteiger partial charge in [0.05, 0.1) is 18.7 Å². The van der Waals surface area contributed by atoms with Crippen LogP contribution >= 0.6 is 0 Å². The van der Waals surface area contributed by atoms with Crippen molar-refractivity contribution < 1.29 is 19.4 Å². The van der Waals surface area contributed by atoms with Crippen LogP contribution in [0.5, 0.6) is 5.75 Å². The first-order chi connectivity index (χ1) is 14.9. The summed E-state index contributed by atoms with van der Waals surface area (Å²) in [5.74, 6) is -0.428. The van der Waals surface area contributed by atoms with Crippen LogP contribution in [-0.4, -0.2) is 35.4 Å². The highest BCUT2D eigenvalue weighted by Crippen LogP contribution is 2.40. The molecule has 0 radical (unpaired) electrons. The number of benzene rings is 2. The van der Waals surface area contributed by atoms with Crippen molar-refractivity contribution in [1.82, 2.24) is 4.90 Å². The molecule has 164 valence electrons. The Morgan fingerprint density at radius 1 is 1.10 bits per heavy atom. The molecule has 3 rings (SSSR count). The van der Waals surface area contributed by atoms with Crippen LogP contribution in [0.1, 0.15) is 68.7 Å². The standard InChI is InChI=1S/C26H31NO4/c1-5-6-7-15-27-23(19-13-11-18(12-14-19)17(2)3)22(25(29)26(27)30)24(28)20-9-8-10-21(16-20)31-4/h8-14,16-17,23,28H,5-7,15H2,1-4H3/b24-22-. The predicted molar refractivity (Wildman–Crippen MR) is 122 cm³/mol. The number of aliphatic hydroxyl groups excluding tert-OH is 1. The molecule has 1 fully saturated rings. The third-order valence-corrected chi connectivity index (χ3v) is 5.80. The van der Waals surface area contributed by atoms with Crippen molar-refractivity contribution in [3.63, 3.8) is 0 Å². The average molecular weight is 422 g/mol. The smallest absolute Gasteiger partial charge is 0.295 e. The summed E-state index contributed by atoms with van der Waals surface area (Å²) in [7, 11) is 1.54. The van der Waals surface area contributed by atoms with Gasteiger partial charge in [-0.25, -0.2) is 0 Å². The number of rotatable bonds is 8. The lowest BCUT2D eigenvalue weighted by Gasteiger charge is -2.25. The molecular formula is C26H31NO4. The van der Waals surface area contributed by atoms with Crippen molar-refractivity contribution >= 4 is 17.4 Å². The SMILES string of the molecule is CCCCCN1C(=O)C(=O)/C(=C(\O)c2cccc(OC)c2)C1c1ccc(C(C)C)cc1. The van der Waals surface area contributed by atoms with E-state index in [-0.39, 0.29) is 11.3 Å². The van der Waals surface area contributed by atoms with E-state index in [9.17, 15) is 14.7 Å². The second kappa shape index (κ2) is 9.82. The van der Waals surface area contributed by atoms with Gasteiger partial charge in [-0.05, 0) is 35.6 Å². The maximum absolute atomic E-state index is 13.0. The molecule has 2 aromatic carbocycles. The van der Waals surface area contributed by atoms with Gasteiger partial charge in [-0.3, -0.25) is 9.59 Å². The van der Waals surface area contributed by atoms with E-state index < -0.39 is 17.7 Å². The molecule has 2 aromatic rings. The van der Waals surface area contributed by atoms with Crippen LogP contribution in [-0.2, 0) is 9.59 Å². The number of ether oxygens (including phenoxy) is 1. The first-order valence-electron chi connectivity index (χ1n) is 10.9. The first kappa shape index (κ1) is 22.6. The first-order valence-corrected chi connectivity index (χ1v) is 10.9. The topological polar surface area (TPSA) is 66.8 Å². The lowest BCUT2D eigenvalue weighted by molar-refractivity contribution is -0.139. The van der Waals surface area contributed by atoms with Crippen molar-refractivity contribution in [2.45, 2.75) is 52.0 Å². The van der Waals surface area contributed by atoms with Crippen molar-refractivity contribution in [2.75, 3.05) is 13.7 Å². The molecule has 1 unspecified atom stereocenters. The van der Waals surface area contributed by atoms with E-state index in [2.05, 4.69) is 20.8 Å². The molecule has 0 spiro atoms. The summed E-state index contributed by atoms with van der Waals surface area (Å²) in [6.07, 6.45) is 2.79. The molecule has 1 aliphatic rings. The summed E-state index contributed by atoms with van der Waals surface area (Å²) >= 11 is 0. The Morgan fingerprint density at radius 3 is 2.42 bits per heavy atom. The second-order valence-corrected chi connectivity index (χ2v) is 8.25. The van der Waals surface area contributed by atoms with Crippen LogP contribution in [0, 0.1) is 0 Å². The van der Waals surface area contributed by atoms with Gasteiger partial charge in [0, 0.05) is 12.1 Å². The number of Topliss-reactive ketones (excluding diaryl/α,β-unsaturated/α-hetero) is 1. The largest absolute Gasteiger partial charge is 0.507 e. The summed E-state index contributed by atoms with van der Waals surface area (Å²) in [4.78, 5) is 27.6. The van der Waals surface area contributed by atoms with Gasteiger partial charge in [-0.15, -0.1) is 0 Å². The Labute approximate surface area is 184 Å². The fourth-order valence-corrected chi connectivity index (χ4v) is 3.98. The van der Waals surface area contributed by atoms with Gasteiger partial charge < -0.3 is 14.7 Å². The van der Waals surface area contributed by atoms with E-state index in [1.807, 2.05) is 24.3 Å². The third kappa shape index (κ3) is 4.66. The Bertz CT molecular complexity index is 975. The van der Waals surface area contributed by atoms with E-state index in [1.165, 1.54) is 5.56 Å². The molecule has 5 nitrogen and oxygen atoms in total. The number of carbonyl (C=O) groups is 2. The number of amides is 1. The van der Waals surface area contributed by atoms with Gasteiger partial charge in [0.1, 0.15) is 11.5 Å². The maximum Gasteiger partial charge on any atom is 0.295 e. The zero-order chi connectivity index (χ0) is 22.5. The number of likely N-dealkylation sites (tertiary alicyclic amines) is 1. The lowest BCUT2D eigenvalue weighted by Crippen LogP contribution is -2.30. The summed E-state index contributed by atoms with van der Waals surface area (Å²) < 4.78 is 5.25. The van der Waals surface area contributed by atoms with Gasteiger partial charge in [0.25, 0.3) is 11.7 Å². The molecule has 1 aliphatic heterocycles. The summed E-state index contributed by atoms with van der Waals surface area (Å²) in [5.41, 5.74) is 2.59. The number of methoxy groups -OCH3 is 1. The lowest BCUT2D eigenvalue weighted by atomic mass is 9.93. The number of unbranched alkanes of at least 4 members (excludes halogenated alkanes) is 2. The minimum absolute atomic E-state index is 0.132. The average Bonchev–Trinajstić information content (AvgIpc) is 3.03. The number of nitrogens with zero attached hydrogens (tertiary/aromatic N) is 1. The highest BCUT2D eigenvalue weighted by atomic mass is 16.5. The summed E-state index contributed by atoms with van der Waals surface area (Å²) in [5, 5.41) is 11.1. The van der Waals surface area contributed by atoms with Gasteiger partial charge >= 0.3 is 0 Å². The van der Waals surface area contributed by atoms with Crippen molar-refractivity contribution in [3.05, 3.63) is 70.8 Å². The molecule has 0 bridgehead atoms. The molecule has 31 heavy (non-hydrogen) atoms. The second-order valence-electron chi connectivity index (χ2n) is 8.25. The van der Waals surface area contributed by atoms with Crippen LogP contribution in [0.3, 0.4) is 0 Å². The number of hydrogen-bond acceptors (Lipinski definition) is 4. The van der Waals surface area contributed by atoms with Crippen LogP contribution in [0.15, 0.2) is 54.1 Å². The van der Waals surface area contributed by atoms with Crippen LogP contribution < -0.4 is 4.74 Å². The molecule has 0 saturated carbocycles. The maximum atomic E-state index is 13.0. The van der Waals surface area contributed by atoms with Gasteiger partial charge in [0.2, 0.25) is 0 Å². The van der Waals surface area contributed by atoms with E-state index in [0.717, 1.165) is 24.8 Å². The predicted octanol–water partition coefficient (Wildman–Crippen LogP) is 5.43.